The summed E-state index contributed by atoms with van der Waals surface area (Å²) in [5.74, 6) is 0. The van der Waals surface area contributed by atoms with Gasteiger partial charge in [0.15, 0.2) is 0 Å². The minimum Gasteiger partial charge on any atom is -0.312 e. The van der Waals surface area contributed by atoms with E-state index in [1.807, 2.05) is 24.9 Å². The van der Waals surface area contributed by atoms with Crippen molar-refractivity contribution in [2.75, 3.05) is 7.05 Å². The molecular weight excluding hydrogens is 222 g/mol. The van der Waals surface area contributed by atoms with Gasteiger partial charge < -0.3 is 5.32 Å². The molecule has 18 heavy (non-hydrogen) atoms. The summed E-state index contributed by atoms with van der Waals surface area (Å²) in [5.41, 5.74) is 2.48. The van der Waals surface area contributed by atoms with Gasteiger partial charge in [0.05, 0.1) is 11.4 Å². The number of unbranched alkanes of at least 4 members (excludes halogenated alkanes) is 3. The number of allylic oxidation sites excluding steroid dienone is 1. The molecule has 1 aromatic heterocycles. The van der Waals surface area contributed by atoms with Crippen LogP contribution < -0.4 is 5.32 Å². The van der Waals surface area contributed by atoms with Crippen LogP contribution >= 0.6 is 0 Å². The van der Waals surface area contributed by atoms with E-state index in [2.05, 4.69) is 30.0 Å². The summed E-state index contributed by atoms with van der Waals surface area (Å²) in [6, 6.07) is 2.65. The van der Waals surface area contributed by atoms with Gasteiger partial charge in [0.2, 0.25) is 0 Å². The first-order chi connectivity index (χ1) is 8.72. The number of hydrogen-bond donors (Lipinski definition) is 1. The highest BCUT2D eigenvalue weighted by Gasteiger charge is 2.14. The Morgan fingerprint density at radius 1 is 1.44 bits per heavy atom. The maximum absolute atomic E-state index is 4.52. The SMILES string of the molecule is C=CCCCCCC(NC)c1cc(CC)nn1C. The summed E-state index contributed by atoms with van der Waals surface area (Å²) in [6.07, 6.45) is 9.11. The van der Waals surface area contributed by atoms with Crippen molar-refractivity contribution < 1.29 is 0 Å². The topological polar surface area (TPSA) is 29.9 Å². The molecule has 0 fully saturated rings. The molecule has 0 saturated carbocycles. The van der Waals surface area contributed by atoms with Crippen LogP contribution in [-0.2, 0) is 13.5 Å². The number of nitrogens with one attached hydrogen (secondary N) is 1. The van der Waals surface area contributed by atoms with Crippen LogP contribution in [0.3, 0.4) is 0 Å². The van der Waals surface area contributed by atoms with Gasteiger partial charge in [-0.15, -0.1) is 6.58 Å². The summed E-state index contributed by atoms with van der Waals surface area (Å²) >= 11 is 0. The number of rotatable bonds is 9. The Morgan fingerprint density at radius 3 is 2.78 bits per heavy atom. The number of aryl methyl sites for hydroxylation is 2. The molecule has 1 rings (SSSR count). The van der Waals surface area contributed by atoms with Crippen molar-refractivity contribution in [3.8, 4) is 0 Å². The molecule has 0 aromatic carbocycles. The molecular formula is C15H27N3. The minimum absolute atomic E-state index is 0.423. The molecule has 0 bridgehead atoms. The van der Waals surface area contributed by atoms with Crippen LogP contribution in [0.4, 0.5) is 0 Å². The molecule has 1 atom stereocenters. The first-order valence-corrected chi connectivity index (χ1v) is 7.03. The average Bonchev–Trinajstić information content (AvgIpc) is 2.75. The third-order valence-corrected chi connectivity index (χ3v) is 3.44. The van der Waals surface area contributed by atoms with Gasteiger partial charge in [0, 0.05) is 13.1 Å². The van der Waals surface area contributed by atoms with Gasteiger partial charge in [-0.2, -0.15) is 5.10 Å². The Kier molecular flexibility index (Phi) is 6.73. The van der Waals surface area contributed by atoms with E-state index in [9.17, 15) is 0 Å². The molecule has 0 aliphatic carbocycles. The Bertz CT molecular complexity index is 355. The molecule has 0 saturated heterocycles. The van der Waals surface area contributed by atoms with Crippen molar-refractivity contribution in [3.05, 3.63) is 30.1 Å². The van der Waals surface area contributed by atoms with E-state index in [0.717, 1.165) is 12.8 Å². The molecule has 3 nitrogen and oxygen atoms in total. The standard InChI is InChI=1S/C15H27N3/c1-5-7-8-9-10-11-14(16-3)15-12-13(6-2)17-18(15)4/h5,12,14,16H,1,6-11H2,2-4H3. The van der Waals surface area contributed by atoms with Crippen LogP contribution in [0.15, 0.2) is 18.7 Å². The van der Waals surface area contributed by atoms with Gasteiger partial charge in [-0.05, 0) is 38.8 Å². The second-order valence-electron chi connectivity index (χ2n) is 4.81. The molecule has 0 radical (unpaired) electrons. The Hall–Kier alpha value is -1.09. The van der Waals surface area contributed by atoms with E-state index in [0.29, 0.717) is 6.04 Å². The van der Waals surface area contributed by atoms with Crippen LogP contribution in [0.2, 0.25) is 0 Å². The van der Waals surface area contributed by atoms with Crippen molar-refractivity contribution >= 4 is 0 Å². The fraction of sp³-hybridized carbons (Fsp3) is 0.667. The lowest BCUT2D eigenvalue weighted by Crippen LogP contribution is -2.19. The molecule has 1 N–H and O–H groups in total. The third kappa shape index (κ3) is 4.30. The summed E-state index contributed by atoms with van der Waals surface area (Å²) < 4.78 is 2.02. The van der Waals surface area contributed by atoms with Crippen LogP contribution in [0, 0.1) is 0 Å². The minimum atomic E-state index is 0.423. The smallest absolute Gasteiger partial charge is 0.0625 e. The van der Waals surface area contributed by atoms with Crippen molar-refractivity contribution in [2.24, 2.45) is 7.05 Å². The monoisotopic (exact) mass is 249 g/mol. The van der Waals surface area contributed by atoms with Crippen molar-refractivity contribution in [1.82, 2.24) is 15.1 Å². The summed E-state index contributed by atoms with van der Waals surface area (Å²) in [7, 11) is 4.07. The molecule has 0 aliphatic rings. The zero-order valence-electron chi connectivity index (χ0n) is 12.1. The van der Waals surface area contributed by atoms with E-state index in [4.69, 9.17) is 0 Å². The fourth-order valence-electron chi connectivity index (χ4n) is 2.30. The van der Waals surface area contributed by atoms with Gasteiger partial charge in [0.1, 0.15) is 0 Å². The summed E-state index contributed by atoms with van der Waals surface area (Å²) in [5, 5.41) is 7.93. The average molecular weight is 249 g/mol. The molecule has 0 spiro atoms. The highest BCUT2D eigenvalue weighted by Crippen LogP contribution is 2.20. The Labute approximate surface area is 111 Å². The molecule has 1 unspecified atom stereocenters. The van der Waals surface area contributed by atoms with Crippen LogP contribution in [-0.4, -0.2) is 16.8 Å². The van der Waals surface area contributed by atoms with Gasteiger partial charge in [-0.25, -0.2) is 0 Å². The van der Waals surface area contributed by atoms with E-state index in [-0.39, 0.29) is 0 Å². The molecule has 1 heterocycles. The highest BCUT2D eigenvalue weighted by molar-refractivity contribution is 5.14. The Morgan fingerprint density at radius 2 is 2.22 bits per heavy atom. The lowest BCUT2D eigenvalue weighted by Gasteiger charge is -2.16. The van der Waals surface area contributed by atoms with Crippen LogP contribution in [0.25, 0.3) is 0 Å². The second kappa shape index (κ2) is 8.09. The van der Waals surface area contributed by atoms with Crippen molar-refractivity contribution in [3.63, 3.8) is 0 Å². The van der Waals surface area contributed by atoms with Gasteiger partial charge in [-0.3, -0.25) is 4.68 Å². The zero-order valence-corrected chi connectivity index (χ0v) is 12.1. The van der Waals surface area contributed by atoms with Crippen LogP contribution in [0.5, 0.6) is 0 Å². The highest BCUT2D eigenvalue weighted by atomic mass is 15.3. The predicted octanol–water partition coefficient (Wildman–Crippen LogP) is 3.38. The largest absolute Gasteiger partial charge is 0.312 e. The lowest BCUT2D eigenvalue weighted by molar-refractivity contribution is 0.477. The van der Waals surface area contributed by atoms with E-state index < -0.39 is 0 Å². The number of nitrogens with zero attached hydrogens (tertiary/aromatic N) is 2. The number of hydrogen-bond acceptors (Lipinski definition) is 2. The summed E-state index contributed by atoms with van der Waals surface area (Å²) in [4.78, 5) is 0. The lowest BCUT2D eigenvalue weighted by atomic mass is 10.0. The van der Waals surface area contributed by atoms with Crippen molar-refractivity contribution in [1.29, 1.82) is 0 Å². The molecule has 0 amide bonds. The normalized spacial score (nSPS) is 12.6. The zero-order chi connectivity index (χ0) is 13.4. The molecule has 102 valence electrons. The van der Waals surface area contributed by atoms with Crippen molar-refractivity contribution in [2.45, 2.75) is 51.5 Å². The number of aromatic nitrogens is 2. The first kappa shape index (κ1) is 15.0. The van der Waals surface area contributed by atoms with E-state index in [1.165, 1.54) is 37.1 Å². The summed E-state index contributed by atoms with van der Waals surface area (Å²) in [6.45, 7) is 5.91. The maximum atomic E-state index is 4.52. The maximum Gasteiger partial charge on any atom is 0.0625 e. The Balaban J connectivity index is 2.48. The second-order valence-corrected chi connectivity index (χ2v) is 4.81. The fourth-order valence-corrected chi connectivity index (χ4v) is 2.30. The van der Waals surface area contributed by atoms with Gasteiger partial charge >= 0.3 is 0 Å². The van der Waals surface area contributed by atoms with Gasteiger partial charge in [0.25, 0.3) is 0 Å². The predicted molar refractivity (Wildman–Crippen MR) is 77.7 cm³/mol. The molecule has 0 aliphatic heterocycles. The van der Waals surface area contributed by atoms with Gasteiger partial charge in [-0.1, -0.05) is 25.8 Å². The molecule has 3 heteroatoms. The van der Waals surface area contributed by atoms with E-state index in [1.54, 1.807) is 0 Å². The third-order valence-electron chi connectivity index (χ3n) is 3.44. The first-order valence-electron chi connectivity index (χ1n) is 7.03. The van der Waals surface area contributed by atoms with Crippen LogP contribution in [0.1, 0.15) is 56.5 Å². The quantitative estimate of drug-likeness (QED) is 0.537. The van der Waals surface area contributed by atoms with E-state index >= 15 is 0 Å². The molecule has 1 aromatic rings.